The van der Waals surface area contributed by atoms with Gasteiger partial charge in [-0.15, -0.1) is 0 Å². The first kappa shape index (κ1) is 9.01. The van der Waals surface area contributed by atoms with Crippen molar-refractivity contribution < 1.29 is 0 Å². The molecule has 2 nitrogen and oxygen atoms in total. The molecule has 1 aliphatic carbocycles. The molecule has 11 heavy (non-hydrogen) atoms. The van der Waals surface area contributed by atoms with Gasteiger partial charge in [-0.05, 0) is 33.4 Å². The van der Waals surface area contributed by atoms with Crippen LogP contribution in [-0.2, 0) is 0 Å². The van der Waals surface area contributed by atoms with Crippen molar-refractivity contribution in [1.82, 2.24) is 10.2 Å². The van der Waals surface area contributed by atoms with Crippen LogP contribution in [0.1, 0.15) is 26.2 Å². The van der Waals surface area contributed by atoms with Crippen molar-refractivity contribution in [3.63, 3.8) is 0 Å². The number of rotatable bonds is 5. The fraction of sp³-hybridized carbons (Fsp3) is 1.00. The normalized spacial score (nSPS) is 20.7. The van der Waals surface area contributed by atoms with Crippen LogP contribution in [0.25, 0.3) is 0 Å². The van der Waals surface area contributed by atoms with Gasteiger partial charge < -0.3 is 10.2 Å². The molecular formula is C9H20N2. The molecule has 0 aliphatic heterocycles. The maximum Gasteiger partial charge on any atom is 0.0189 e. The van der Waals surface area contributed by atoms with Crippen molar-refractivity contribution in [2.24, 2.45) is 0 Å². The van der Waals surface area contributed by atoms with Crippen molar-refractivity contribution in [1.29, 1.82) is 0 Å². The summed E-state index contributed by atoms with van der Waals surface area (Å²) < 4.78 is 0. The van der Waals surface area contributed by atoms with Gasteiger partial charge in [-0.3, -0.25) is 0 Å². The summed E-state index contributed by atoms with van der Waals surface area (Å²) in [5.74, 6) is 0. The van der Waals surface area contributed by atoms with Crippen LogP contribution >= 0.6 is 0 Å². The molecule has 1 N–H and O–H groups in total. The molecule has 0 radical (unpaired) electrons. The second-order valence-corrected chi connectivity index (χ2v) is 3.56. The molecule has 2 heteroatoms. The Bertz CT molecular complexity index is 106. The van der Waals surface area contributed by atoms with Crippen LogP contribution in [-0.4, -0.2) is 37.6 Å². The largest absolute Gasteiger partial charge is 0.316 e. The van der Waals surface area contributed by atoms with Crippen LogP contribution in [0.15, 0.2) is 0 Å². The van der Waals surface area contributed by atoms with Crippen LogP contribution < -0.4 is 5.32 Å². The van der Waals surface area contributed by atoms with Crippen molar-refractivity contribution in [3.8, 4) is 0 Å². The summed E-state index contributed by atoms with van der Waals surface area (Å²) in [5, 5.41) is 3.32. The Hall–Kier alpha value is -0.0800. The molecule has 0 aromatic carbocycles. The first-order valence-electron chi connectivity index (χ1n) is 4.65. The Labute approximate surface area is 70.0 Å². The predicted molar refractivity (Wildman–Crippen MR) is 48.8 cm³/mol. The molecule has 0 aromatic heterocycles. The average Bonchev–Trinajstić information content (AvgIpc) is 2.81. The lowest BCUT2D eigenvalue weighted by atomic mass is 10.2. The van der Waals surface area contributed by atoms with Gasteiger partial charge in [-0.2, -0.15) is 0 Å². The van der Waals surface area contributed by atoms with E-state index < -0.39 is 0 Å². The monoisotopic (exact) mass is 156 g/mol. The smallest absolute Gasteiger partial charge is 0.0189 e. The number of hydrogen-bond acceptors (Lipinski definition) is 2. The molecule has 1 rings (SSSR count). The van der Waals surface area contributed by atoms with E-state index in [1.54, 1.807) is 0 Å². The molecule has 0 heterocycles. The fourth-order valence-electron chi connectivity index (χ4n) is 1.44. The van der Waals surface area contributed by atoms with E-state index >= 15 is 0 Å². The van der Waals surface area contributed by atoms with E-state index in [4.69, 9.17) is 0 Å². The van der Waals surface area contributed by atoms with Crippen LogP contribution in [0.5, 0.6) is 0 Å². The van der Waals surface area contributed by atoms with Crippen LogP contribution in [0.4, 0.5) is 0 Å². The number of nitrogens with zero attached hydrogens (tertiary/aromatic N) is 1. The SMILES string of the molecule is CCC(CN(C)C1CC1)NC. The number of nitrogens with one attached hydrogen (secondary N) is 1. The first-order valence-corrected chi connectivity index (χ1v) is 4.65. The van der Waals surface area contributed by atoms with E-state index in [1.165, 1.54) is 25.8 Å². The molecule has 66 valence electrons. The second-order valence-electron chi connectivity index (χ2n) is 3.56. The third-order valence-corrected chi connectivity index (χ3v) is 2.58. The Morgan fingerprint density at radius 2 is 2.18 bits per heavy atom. The summed E-state index contributed by atoms with van der Waals surface area (Å²) in [7, 11) is 4.28. The summed E-state index contributed by atoms with van der Waals surface area (Å²) in [6.45, 7) is 3.44. The molecule has 1 atom stereocenters. The molecule has 0 amide bonds. The lowest BCUT2D eigenvalue weighted by Gasteiger charge is -2.22. The van der Waals surface area contributed by atoms with Gasteiger partial charge in [0.05, 0.1) is 0 Å². The van der Waals surface area contributed by atoms with Gasteiger partial charge in [0.2, 0.25) is 0 Å². The number of hydrogen-bond donors (Lipinski definition) is 1. The number of likely N-dealkylation sites (N-methyl/N-ethyl adjacent to an activating group) is 2. The summed E-state index contributed by atoms with van der Waals surface area (Å²) >= 11 is 0. The lowest BCUT2D eigenvalue weighted by Crippen LogP contribution is -2.38. The molecule has 1 saturated carbocycles. The zero-order chi connectivity index (χ0) is 8.27. The van der Waals surface area contributed by atoms with E-state index in [9.17, 15) is 0 Å². The molecular weight excluding hydrogens is 136 g/mol. The van der Waals surface area contributed by atoms with Gasteiger partial charge >= 0.3 is 0 Å². The maximum absolute atomic E-state index is 3.32. The first-order chi connectivity index (χ1) is 5.27. The highest BCUT2D eigenvalue weighted by molar-refractivity contribution is 4.84. The van der Waals surface area contributed by atoms with Crippen molar-refractivity contribution in [2.75, 3.05) is 20.6 Å². The highest BCUT2D eigenvalue weighted by atomic mass is 15.2. The van der Waals surface area contributed by atoms with Crippen LogP contribution in [0.3, 0.4) is 0 Å². The van der Waals surface area contributed by atoms with Gasteiger partial charge in [-0.1, -0.05) is 6.92 Å². The summed E-state index contributed by atoms with van der Waals surface area (Å²) in [6, 6.07) is 1.58. The molecule has 1 unspecified atom stereocenters. The lowest BCUT2D eigenvalue weighted by molar-refractivity contribution is 0.282. The summed E-state index contributed by atoms with van der Waals surface area (Å²) in [5.41, 5.74) is 0. The van der Waals surface area contributed by atoms with Gasteiger partial charge in [-0.25, -0.2) is 0 Å². The Kier molecular flexibility index (Phi) is 3.34. The van der Waals surface area contributed by atoms with E-state index in [-0.39, 0.29) is 0 Å². The van der Waals surface area contributed by atoms with Gasteiger partial charge in [0.25, 0.3) is 0 Å². The maximum atomic E-state index is 3.32. The molecule has 0 saturated heterocycles. The van der Waals surface area contributed by atoms with Crippen LogP contribution in [0, 0.1) is 0 Å². The Morgan fingerprint density at radius 1 is 1.55 bits per heavy atom. The summed E-state index contributed by atoms with van der Waals surface area (Å²) in [4.78, 5) is 2.48. The van der Waals surface area contributed by atoms with Crippen molar-refractivity contribution >= 4 is 0 Å². The molecule has 0 bridgehead atoms. The molecule has 0 spiro atoms. The third kappa shape index (κ3) is 2.80. The van der Waals surface area contributed by atoms with Gasteiger partial charge in [0, 0.05) is 18.6 Å². The predicted octanol–water partition coefficient (Wildman–Crippen LogP) is 1.08. The Morgan fingerprint density at radius 3 is 2.55 bits per heavy atom. The topological polar surface area (TPSA) is 15.3 Å². The quantitative estimate of drug-likeness (QED) is 0.641. The van der Waals surface area contributed by atoms with Crippen molar-refractivity contribution in [3.05, 3.63) is 0 Å². The minimum absolute atomic E-state index is 0.681. The molecule has 0 aromatic rings. The van der Waals surface area contributed by atoms with Gasteiger partial charge in [0.15, 0.2) is 0 Å². The highest BCUT2D eigenvalue weighted by Crippen LogP contribution is 2.25. The minimum Gasteiger partial charge on any atom is -0.316 e. The third-order valence-electron chi connectivity index (χ3n) is 2.58. The van der Waals surface area contributed by atoms with E-state index in [1.807, 2.05) is 0 Å². The van der Waals surface area contributed by atoms with E-state index in [0.29, 0.717) is 6.04 Å². The average molecular weight is 156 g/mol. The van der Waals surface area contributed by atoms with E-state index in [0.717, 1.165) is 6.04 Å². The van der Waals surface area contributed by atoms with Crippen LogP contribution in [0.2, 0.25) is 0 Å². The second kappa shape index (κ2) is 4.07. The molecule has 1 fully saturated rings. The standard InChI is InChI=1S/C9H20N2/c1-4-8(10-2)7-11(3)9-5-6-9/h8-10H,4-7H2,1-3H3. The summed E-state index contributed by atoms with van der Waals surface area (Å²) in [6.07, 6.45) is 4.06. The van der Waals surface area contributed by atoms with Gasteiger partial charge in [0.1, 0.15) is 0 Å². The highest BCUT2D eigenvalue weighted by Gasteiger charge is 2.26. The Balaban J connectivity index is 2.15. The fourth-order valence-corrected chi connectivity index (χ4v) is 1.44. The zero-order valence-corrected chi connectivity index (χ0v) is 7.93. The molecule has 1 aliphatic rings. The zero-order valence-electron chi connectivity index (χ0n) is 7.93. The van der Waals surface area contributed by atoms with Crippen molar-refractivity contribution in [2.45, 2.75) is 38.3 Å². The minimum atomic E-state index is 0.681. The van der Waals surface area contributed by atoms with E-state index in [2.05, 4.69) is 31.2 Å².